The lowest BCUT2D eigenvalue weighted by molar-refractivity contribution is 0.0974. The molecule has 1 aliphatic rings. The smallest absolute Gasteiger partial charge is 0.282 e. The molecule has 3 rings (SSSR count). The van der Waals surface area contributed by atoms with Crippen LogP contribution in [0.5, 0.6) is 0 Å². The Hall–Kier alpha value is -2.49. The quantitative estimate of drug-likeness (QED) is 0.400. The van der Waals surface area contributed by atoms with Gasteiger partial charge in [0, 0.05) is 11.1 Å². The van der Waals surface area contributed by atoms with Gasteiger partial charge < -0.3 is 0 Å². The molecule has 0 bridgehead atoms. The van der Waals surface area contributed by atoms with E-state index in [-0.39, 0.29) is 12.0 Å². The molecule has 166 valence electrons. The topological polar surface area (TPSA) is 195 Å². The highest BCUT2D eigenvalue weighted by Crippen LogP contribution is 2.34. The second-order valence-corrected chi connectivity index (χ2v) is 11.4. The largest absolute Gasteiger partial charge is 0.289 e. The predicted molar refractivity (Wildman–Crippen MR) is 107 cm³/mol. The molecule has 0 saturated heterocycles. The average Bonchev–Trinajstić information content (AvgIpc) is 2.67. The number of nitrogens with two attached hydrogens (primary N) is 1. The summed E-state index contributed by atoms with van der Waals surface area (Å²) in [6, 6.07) is 6.63. The number of carbonyl (C=O) groups is 2. The van der Waals surface area contributed by atoms with Crippen LogP contribution in [0, 0.1) is 0 Å². The molecule has 0 radical (unpaired) electrons. The maximum atomic E-state index is 13.1. The number of primary sulfonamides is 1. The molecule has 4 N–H and O–H groups in total. The van der Waals surface area contributed by atoms with Crippen molar-refractivity contribution < 1.29 is 39.4 Å². The average molecular weight is 489 g/mol. The summed E-state index contributed by atoms with van der Waals surface area (Å²) in [4.78, 5) is 24.8. The van der Waals surface area contributed by atoms with Crippen molar-refractivity contribution in [1.29, 1.82) is 0 Å². The lowest BCUT2D eigenvalue weighted by Gasteiger charge is -2.22. The predicted octanol–water partition coefficient (Wildman–Crippen LogP) is 0.0116. The van der Waals surface area contributed by atoms with E-state index in [4.69, 9.17) is 5.14 Å². The van der Waals surface area contributed by atoms with E-state index in [1.54, 1.807) is 4.72 Å². The number of carbonyl (C=O) groups excluding carboxylic acids is 2. The molecule has 1 unspecified atom stereocenters. The molecule has 31 heavy (non-hydrogen) atoms. The van der Waals surface area contributed by atoms with E-state index in [1.807, 2.05) is 0 Å². The van der Waals surface area contributed by atoms with E-state index in [0.29, 0.717) is 0 Å². The summed E-state index contributed by atoms with van der Waals surface area (Å²) in [5.41, 5.74) is -1.79. The van der Waals surface area contributed by atoms with Crippen LogP contribution in [-0.4, -0.2) is 46.7 Å². The van der Waals surface area contributed by atoms with Crippen molar-refractivity contribution >= 4 is 41.7 Å². The van der Waals surface area contributed by atoms with Crippen LogP contribution in [0.25, 0.3) is 0 Å². The maximum Gasteiger partial charge on any atom is 0.282 e. The van der Waals surface area contributed by atoms with Crippen molar-refractivity contribution in [2.24, 2.45) is 5.14 Å². The van der Waals surface area contributed by atoms with E-state index < -0.39 is 73.6 Å². The normalized spacial score (nSPS) is 15.3. The van der Waals surface area contributed by atoms with E-state index in [2.05, 4.69) is 0 Å². The van der Waals surface area contributed by atoms with Gasteiger partial charge in [0.15, 0.2) is 11.6 Å². The Morgan fingerprint density at radius 1 is 0.871 bits per heavy atom. The maximum absolute atomic E-state index is 13.1. The number of hydrogen-bond acceptors (Lipinski definition) is 8. The van der Waals surface area contributed by atoms with Crippen molar-refractivity contribution in [3.63, 3.8) is 0 Å². The van der Waals surface area contributed by atoms with Crippen LogP contribution >= 0.6 is 0 Å². The number of benzene rings is 2. The molecule has 0 heterocycles. The first-order valence-corrected chi connectivity index (χ1v) is 13.1. The number of hydrogen-bond donors (Lipinski definition) is 3. The molecule has 11 nitrogen and oxygen atoms in total. The van der Waals surface area contributed by atoms with Crippen molar-refractivity contribution in [3.8, 4) is 0 Å². The molecule has 1 atom stereocenters. The first-order chi connectivity index (χ1) is 14.2. The zero-order valence-electron chi connectivity index (χ0n) is 15.8. The fraction of sp³-hybridized carbons (Fsp3) is 0.176. The fourth-order valence-electron chi connectivity index (χ4n) is 3.23. The molecule has 0 amide bonds. The van der Waals surface area contributed by atoms with Gasteiger partial charge in [0.1, 0.15) is 5.37 Å². The third-order valence-corrected chi connectivity index (χ3v) is 8.40. The van der Waals surface area contributed by atoms with E-state index in [1.165, 1.54) is 13.0 Å². The van der Waals surface area contributed by atoms with Crippen molar-refractivity contribution in [2.45, 2.75) is 28.5 Å². The van der Waals surface area contributed by atoms with Crippen LogP contribution in [0.1, 0.15) is 45.2 Å². The third-order valence-electron chi connectivity index (χ3n) is 4.61. The Morgan fingerprint density at radius 3 is 1.74 bits per heavy atom. The van der Waals surface area contributed by atoms with E-state index >= 15 is 0 Å². The Labute approximate surface area is 178 Å². The lowest BCUT2D eigenvalue weighted by atomic mass is 9.84. The Balaban J connectivity index is 2.25. The molecule has 0 spiro atoms. The zero-order chi connectivity index (χ0) is 23.4. The van der Waals surface area contributed by atoms with Crippen LogP contribution in [0.3, 0.4) is 0 Å². The summed E-state index contributed by atoms with van der Waals surface area (Å²) < 4.78 is 83.3. The number of fused-ring (bicyclic) bond motifs is 2. The molecule has 0 saturated carbocycles. The van der Waals surface area contributed by atoms with E-state index in [0.717, 1.165) is 30.3 Å². The van der Waals surface area contributed by atoms with Gasteiger partial charge in [0.05, 0.1) is 20.9 Å². The van der Waals surface area contributed by atoms with Gasteiger partial charge in [-0.25, -0.2) is 22.0 Å². The molecule has 2 aromatic carbocycles. The number of sulfonamides is 2. The zero-order valence-corrected chi connectivity index (χ0v) is 18.2. The highest BCUT2D eigenvalue weighted by molar-refractivity contribution is 7.92. The highest BCUT2D eigenvalue weighted by Gasteiger charge is 2.39. The Kier molecular flexibility index (Phi) is 5.67. The van der Waals surface area contributed by atoms with Gasteiger partial charge in [-0.15, -0.1) is 0 Å². The van der Waals surface area contributed by atoms with Gasteiger partial charge in [-0.3, -0.25) is 14.1 Å². The summed E-state index contributed by atoms with van der Waals surface area (Å²) >= 11 is 0. The first-order valence-electron chi connectivity index (χ1n) is 8.57. The Bertz CT molecular complexity index is 1440. The number of rotatable bonds is 6. The highest BCUT2D eigenvalue weighted by atomic mass is 32.2. The van der Waals surface area contributed by atoms with Crippen molar-refractivity contribution in [2.75, 3.05) is 0 Å². The second kappa shape index (κ2) is 7.58. The molecule has 2 aromatic rings. The van der Waals surface area contributed by atoms with Crippen molar-refractivity contribution in [3.05, 3.63) is 58.7 Å². The SMILES string of the molecule is CCC(NS(=O)(=O)c1cccc2c1C(=O)c1cccc(S(N)(=O)=O)c1C2=O)S(=O)(=O)O. The molecule has 0 aliphatic heterocycles. The summed E-state index contributed by atoms with van der Waals surface area (Å²) in [6.45, 7) is 1.31. The molecule has 14 heteroatoms. The minimum Gasteiger partial charge on any atom is -0.289 e. The van der Waals surface area contributed by atoms with Gasteiger partial charge in [-0.05, 0) is 18.6 Å². The van der Waals surface area contributed by atoms with Crippen LogP contribution < -0.4 is 9.86 Å². The number of ketones is 2. The van der Waals surface area contributed by atoms with Crippen LogP contribution in [-0.2, 0) is 30.2 Å². The summed E-state index contributed by atoms with van der Waals surface area (Å²) in [6.07, 6.45) is -0.319. The van der Waals surface area contributed by atoms with Gasteiger partial charge in [-0.2, -0.15) is 13.1 Å². The Morgan fingerprint density at radius 2 is 1.32 bits per heavy atom. The first kappa shape index (κ1) is 23.2. The molecular formula is C17H16N2O9S3. The minimum absolute atomic E-state index is 0.319. The van der Waals surface area contributed by atoms with Gasteiger partial charge >= 0.3 is 0 Å². The monoisotopic (exact) mass is 488 g/mol. The molecule has 0 aromatic heterocycles. The van der Waals surface area contributed by atoms with Gasteiger partial charge in [0.2, 0.25) is 20.0 Å². The van der Waals surface area contributed by atoms with Crippen LogP contribution in [0.15, 0.2) is 46.2 Å². The third kappa shape index (κ3) is 4.05. The fourth-order valence-corrected chi connectivity index (χ4v) is 6.64. The molecule has 1 aliphatic carbocycles. The number of nitrogens with one attached hydrogen (secondary N) is 1. The summed E-state index contributed by atoms with van der Waals surface area (Å²) in [7, 11) is -13.9. The van der Waals surface area contributed by atoms with Crippen molar-refractivity contribution in [1.82, 2.24) is 4.72 Å². The second-order valence-electron chi connectivity index (χ2n) is 6.59. The summed E-state index contributed by atoms with van der Waals surface area (Å²) in [5.74, 6) is -1.90. The van der Waals surface area contributed by atoms with Crippen LogP contribution in [0.4, 0.5) is 0 Å². The van der Waals surface area contributed by atoms with Crippen LogP contribution in [0.2, 0.25) is 0 Å². The van der Waals surface area contributed by atoms with Gasteiger partial charge in [-0.1, -0.05) is 31.2 Å². The minimum atomic E-state index is -4.80. The lowest BCUT2D eigenvalue weighted by Crippen LogP contribution is -2.41. The van der Waals surface area contributed by atoms with Gasteiger partial charge in [0.25, 0.3) is 10.1 Å². The standard InChI is InChI=1S/C17H16N2O9S3/c1-2-13(31(26,27)28)19-30(24,25)12-8-4-6-10-15(12)17(21)9-5-3-7-11(29(18,22)23)14(9)16(10)20/h3-8,13,19H,2H2,1H3,(H2,18,22,23)(H,26,27,28). The molecular weight excluding hydrogens is 472 g/mol. The molecule has 0 fully saturated rings. The summed E-state index contributed by atoms with van der Waals surface area (Å²) in [5, 5.41) is 3.26. The van der Waals surface area contributed by atoms with E-state index in [9.17, 15) is 39.4 Å².